The van der Waals surface area contributed by atoms with Gasteiger partial charge < -0.3 is 5.11 Å². The van der Waals surface area contributed by atoms with E-state index in [2.05, 4.69) is 0 Å². The molecule has 1 N–H and O–H groups in total. The standard InChI is InChI=1S/C5H5F2O2/c6-5(7)1-3(2-5)4(8)9/h1-2H2,(H,8,9). The monoisotopic (exact) mass is 135 g/mol. The fourth-order valence-corrected chi connectivity index (χ4v) is 0.724. The molecule has 51 valence electrons. The Morgan fingerprint density at radius 2 is 2.00 bits per heavy atom. The molecular formula is C5H5F2O2. The number of rotatable bonds is 1. The van der Waals surface area contributed by atoms with E-state index in [1.165, 1.54) is 0 Å². The molecule has 1 fully saturated rings. The van der Waals surface area contributed by atoms with Gasteiger partial charge in [-0.05, 0) is 0 Å². The van der Waals surface area contributed by atoms with Crippen molar-refractivity contribution in [2.45, 2.75) is 18.8 Å². The highest BCUT2D eigenvalue weighted by Gasteiger charge is 2.49. The van der Waals surface area contributed by atoms with Crippen molar-refractivity contribution >= 4 is 5.97 Å². The zero-order chi connectivity index (χ0) is 7.07. The fourth-order valence-electron chi connectivity index (χ4n) is 0.724. The first-order valence-corrected chi connectivity index (χ1v) is 2.47. The van der Waals surface area contributed by atoms with Crippen LogP contribution in [-0.2, 0) is 4.79 Å². The summed E-state index contributed by atoms with van der Waals surface area (Å²) in [6, 6.07) is 0. The van der Waals surface area contributed by atoms with E-state index in [0.717, 1.165) is 0 Å². The van der Waals surface area contributed by atoms with Gasteiger partial charge >= 0.3 is 5.97 Å². The van der Waals surface area contributed by atoms with Gasteiger partial charge in [0.2, 0.25) is 5.92 Å². The number of carboxylic acid groups (broad SMARTS) is 1. The predicted octanol–water partition coefficient (Wildman–Crippen LogP) is 1.07. The number of hydrogen-bond donors (Lipinski definition) is 1. The zero-order valence-electron chi connectivity index (χ0n) is 4.53. The molecular weight excluding hydrogens is 130 g/mol. The molecule has 4 heteroatoms. The molecule has 1 radical (unpaired) electrons. The van der Waals surface area contributed by atoms with E-state index in [1.54, 1.807) is 0 Å². The third-order valence-electron chi connectivity index (χ3n) is 1.25. The molecule has 0 aromatic rings. The van der Waals surface area contributed by atoms with Gasteiger partial charge in [-0.1, -0.05) is 0 Å². The molecule has 0 aromatic carbocycles. The summed E-state index contributed by atoms with van der Waals surface area (Å²) in [7, 11) is 0. The van der Waals surface area contributed by atoms with Crippen molar-refractivity contribution in [3.8, 4) is 0 Å². The van der Waals surface area contributed by atoms with E-state index in [1.807, 2.05) is 0 Å². The van der Waals surface area contributed by atoms with E-state index in [4.69, 9.17) is 5.11 Å². The second-order valence-electron chi connectivity index (χ2n) is 2.12. The summed E-state index contributed by atoms with van der Waals surface area (Å²) in [5, 5.41) is 8.10. The summed E-state index contributed by atoms with van der Waals surface area (Å²) >= 11 is 0. The van der Waals surface area contributed by atoms with E-state index in [-0.39, 0.29) is 5.92 Å². The summed E-state index contributed by atoms with van der Waals surface area (Å²) < 4.78 is 23.7. The fraction of sp³-hybridized carbons (Fsp3) is 0.600. The molecule has 0 aromatic heterocycles. The highest BCUT2D eigenvalue weighted by molar-refractivity contribution is 5.84. The van der Waals surface area contributed by atoms with Gasteiger partial charge in [0.25, 0.3) is 0 Å². The van der Waals surface area contributed by atoms with Crippen LogP contribution in [-0.4, -0.2) is 17.0 Å². The van der Waals surface area contributed by atoms with Gasteiger partial charge in [0, 0.05) is 12.8 Å². The number of carboxylic acids is 1. The summed E-state index contributed by atoms with van der Waals surface area (Å²) in [6.45, 7) is 0. The normalized spacial score (nSPS) is 25.1. The van der Waals surface area contributed by atoms with E-state index >= 15 is 0 Å². The molecule has 0 heterocycles. The molecule has 0 saturated heterocycles. The van der Waals surface area contributed by atoms with Crippen LogP contribution in [0.1, 0.15) is 12.8 Å². The molecule has 0 atom stereocenters. The first-order valence-electron chi connectivity index (χ1n) is 2.47. The number of aliphatic carboxylic acids is 1. The lowest BCUT2D eigenvalue weighted by molar-refractivity contribution is -0.144. The van der Waals surface area contributed by atoms with Gasteiger partial charge in [-0.3, -0.25) is 4.79 Å². The Balaban J connectivity index is 2.35. The minimum atomic E-state index is -2.74. The van der Waals surface area contributed by atoms with Crippen molar-refractivity contribution in [3.05, 3.63) is 5.92 Å². The molecule has 0 unspecified atom stereocenters. The Labute approximate surface area is 50.5 Å². The largest absolute Gasteiger partial charge is 0.481 e. The molecule has 1 aliphatic rings. The molecule has 0 spiro atoms. The Bertz CT molecular complexity index is 136. The van der Waals surface area contributed by atoms with Gasteiger partial charge in [0.15, 0.2) is 0 Å². The first kappa shape index (κ1) is 6.45. The first-order chi connectivity index (χ1) is 4.01. The maximum atomic E-state index is 11.9. The predicted molar refractivity (Wildman–Crippen MR) is 25.1 cm³/mol. The lowest BCUT2D eigenvalue weighted by Gasteiger charge is -2.30. The Morgan fingerprint density at radius 3 is 2.11 bits per heavy atom. The lowest BCUT2D eigenvalue weighted by atomic mass is 9.82. The van der Waals surface area contributed by atoms with Gasteiger partial charge in [0.05, 0.1) is 5.92 Å². The highest BCUT2D eigenvalue weighted by atomic mass is 19.3. The second kappa shape index (κ2) is 1.65. The summed E-state index contributed by atoms with van der Waals surface area (Å²) in [6.07, 6.45) is -1.13. The summed E-state index contributed by atoms with van der Waals surface area (Å²) in [5.41, 5.74) is 0. The Kier molecular flexibility index (Phi) is 1.18. The van der Waals surface area contributed by atoms with Gasteiger partial charge in [-0.2, -0.15) is 0 Å². The van der Waals surface area contributed by atoms with E-state index in [9.17, 15) is 13.6 Å². The van der Waals surface area contributed by atoms with Gasteiger partial charge in [-0.15, -0.1) is 0 Å². The van der Waals surface area contributed by atoms with Crippen LogP contribution in [0.4, 0.5) is 8.78 Å². The van der Waals surface area contributed by atoms with Crippen LogP contribution >= 0.6 is 0 Å². The average molecular weight is 135 g/mol. The lowest BCUT2D eigenvalue weighted by Crippen LogP contribution is -2.38. The van der Waals surface area contributed by atoms with E-state index in [0.29, 0.717) is 0 Å². The van der Waals surface area contributed by atoms with Crippen molar-refractivity contribution in [1.82, 2.24) is 0 Å². The maximum Gasteiger partial charge on any atom is 0.311 e. The van der Waals surface area contributed by atoms with Crippen molar-refractivity contribution in [3.63, 3.8) is 0 Å². The SMILES string of the molecule is O=C(O)[C]1CC(F)(F)C1. The van der Waals surface area contributed by atoms with Gasteiger partial charge in [0.1, 0.15) is 0 Å². The van der Waals surface area contributed by atoms with Gasteiger partial charge in [-0.25, -0.2) is 8.78 Å². The molecule has 0 amide bonds. The van der Waals surface area contributed by atoms with Crippen molar-refractivity contribution in [1.29, 1.82) is 0 Å². The van der Waals surface area contributed by atoms with Crippen molar-refractivity contribution < 1.29 is 18.7 Å². The number of alkyl halides is 2. The van der Waals surface area contributed by atoms with Crippen LogP contribution in [0, 0.1) is 5.92 Å². The van der Waals surface area contributed by atoms with Crippen molar-refractivity contribution in [2.24, 2.45) is 0 Å². The number of carbonyl (C=O) groups is 1. The summed E-state index contributed by atoms with van der Waals surface area (Å²) in [5.74, 6) is -4.01. The Morgan fingerprint density at radius 1 is 1.56 bits per heavy atom. The third kappa shape index (κ3) is 1.17. The molecule has 2 nitrogen and oxygen atoms in total. The van der Waals surface area contributed by atoms with Crippen molar-refractivity contribution in [2.75, 3.05) is 0 Å². The molecule has 1 aliphatic carbocycles. The van der Waals surface area contributed by atoms with Crippen LogP contribution in [0.5, 0.6) is 0 Å². The molecule has 1 rings (SSSR count). The minimum absolute atomic E-state index is 0.0694. The summed E-state index contributed by atoms with van der Waals surface area (Å²) in [4.78, 5) is 9.90. The van der Waals surface area contributed by atoms with Crippen LogP contribution in [0.25, 0.3) is 0 Å². The number of hydrogen-bond acceptors (Lipinski definition) is 1. The zero-order valence-corrected chi connectivity index (χ0v) is 4.53. The van der Waals surface area contributed by atoms with E-state index < -0.39 is 24.7 Å². The third-order valence-corrected chi connectivity index (χ3v) is 1.25. The average Bonchev–Trinajstić information content (AvgIpc) is 1.59. The molecule has 1 saturated carbocycles. The molecule has 0 bridgehead atoms. The molecule has 9 heavy (non-hydrogen) atoms. The van der Waals surface area contributed by atoms with Crippen LogP contribution in [0.3, 0.4) is 0 Å². The number of halogens is 2. The van der Waals surface area contributed by atoms with Crippen LogP contribution in [0.15, 0.2) is 0 Å². The van der Waals surface area contributed by atoms with Crippen LogP contribution < -0.4 is 0 Å². The maximum absolute atomic E-state index is 11.9. The topological polar surface area (TPSA) is 37.3 Å². The van der Waals surface area contributed by atoms with Crippen LogP contribution in [0.2, 0.25) is 0 Å². The highest BCUT2D eigenvalue weighted by Crippen LogP contribution is 2.43. The minimum Gasteiger partial charge on any atom is -0.481 e. The molecule has 0 aliphatic heterocycles. The Hall–Kier alpha value is -0.670. The smallest absolute Gasteiger partial charge is 0.311 e. The quantitative estimate of drug-likeness (QED) is 0.584. The second-order valence-corrected chi connectivity index (χ2v) is 2.12.